The lowest BCUT2D eigenvalue weighted by Crippen LogP contribution is -2.33. The molecule has 4 nitrogen and oxygen atoms in total. The number of aryl methyl sites for hydroxylation is 1. The summed E-state index contributed by atoms with van der Waals surface area (Å²) in [6.07, 6.45) is 4.89. The highest BCUT2D eigenvalue weighted by atomic mass is 19.1. The summed E-state index contributed by atoms with van der Waals surface area (Å²) in [7, 11) is 0. The molecule has 0 bridgehead atoms. The third kappa shape index (κ3) is 3.93. The number of benzene rings is 1. The Kier molecular flexibility index (Phi) is 4.98. The van der Waals surface area contributed by atoms with Gasteiger partial charge in [-0.25, -0.2) is 4.39 Å². The molecule has 2 aliphatic rings. The molecule has 0 unspecified atom stereocenters. The van der Waals surface area contributed by atoms with E-state index in [1.165, 1.54) is 6.07 Å². The van der Waals surface area contributed by atoms with Gasteiger partial charge in [0, 0.05) is 51.5 Å². The maximum absolute atomic E-state index is 13.3. The van der Waals surface area contributed by atoms with E-state index in [1.807, 2.05) is 29.3 Å². The molecule has 0 spiro atoms. The van der Waals surface area contributed by atoms with Gasteiger partial charge in [0.25, 0.3) is 0 Å². The van der Waals surface area contributed by atoms with E-state index in [1.54, 1.807) is 18.3 Å². The van der Waals surface area contributed by atoms with E-state index in [2.05, 4.69) is 9.88 Å². The number of aromatic nitrogens is 1. The molecule has 0 radical (unpaired) electrons. The number of fused-ring (bicyclic) bond motifs is 1. The number of hydrogen-bond acceptors (Lipinski definition) is 3. The predicted molar refractivity (Wildman–Crippen MR) is 97.8 cm³/mol. The fourth-order valence-electron chi connectivity index (χ4n) is 4.27. The molecule has 3 heterocycles. The summed E-state index contributed by atoms with van der Waals surface area (Å²) in [4.78, 5) is 21.0. The first-order valence-corrected chi connectivity index (χ1v) is 9.31. The first-order valence-electron chi connectivity index (χ1n) is 9.31. The first-order chi connectivity index (χ1) is 12.7. The van der Waals surface area contributed by atoms with E-state index in [-0.39, 0.29) is 11.7 Å². The Morgan fingerprint density at radius 3 is 2.54 bits per heavy atom. The Bertz CT molecular complexity index is 753. The monoisotopic (exact) mass is 353 g/mol. The second kappa shape index (κ2) is 7.54. The van der Waals surface area contributed by atoms with Crippen LogP contribution in [0.15, 0.2) is 48.8 Å². The van der Waals surface area contributed by atoms with Crippen LogP contribution in [0.3, 0.4) is 0 Å². The van der Waals surface area contributed by atoms with Crippen molar-refractivity contribution in [1.29, 1.82) is 0 Å². The van der Waals surface area contributed by atoms with Gasteiger partial charge in [0.15, 0.2) is 0 Å². The minimum absolute atomic E-state index is 0.174. The van der Waals surface area contributed by atoms with Crippen LogP contribution in [0.5, 0.6) is 0 Å². The van der Waals surface area contributed by atoms with Crippen LogP contribution in [0.4, 0.5) is 4.39 Å². The SMILES string of the molecule is O=C(CCc1cccnc1)N1C[C@@H]2CN(Cc3cccc(F)c3)C[C@H]2C1. The topological polar surface area (TPSA) is 36.4 Å². The van der Waals surface area contributed by atoms with Gasteiger partial charge in [-0.05, 0) is 47.6 Å². The van der Waals surface area contributed by atoms with Crippen molar-refractivity contribution in [2.45, 2.75) is 19.4 Å². The summed E-state index contributed by atoms with van der Waals surface area (Å²) in [5.74, 6) is 1.17. The first kappa shape index (κ1) is 17.2. The molecule has 136 valence electrons. The molecule has 4 rings (SSSR count). The lowest BCUT2D eigenvalue weighted by atomic mass is 10.0. The number of hydrogen-bond donors (Lipinski definition) is 0. The van der Waals surface area contributed by atoms with Gasteiger partial charge < -0.3 is 4.90 Å². The molecule has 0 saturated carbocycles. The molecule has 2 aromatic rings. The minimum atomic E-state index is -0.174. The van der Waals surface area contributed by atoms with E-state index >= 15 is 0 Å². The van der Waals surface area contributed by atoms with Crippen LogP contribution in [-0.2, 0) is 17.8 Å². The van der Waals surface area contributed by atoms with Crippen LogP contribution in [0, 0.1) is 17.7 Å². The average Bonchev–Trinajstić information content (AvgIpc) is 3.19. The zero-order chi connectivity index (χ0) is 17.9. The van der Waals surface area contributed by atoms with Crippen molar-refractivity contribution >= 4 is 5.91 Å². The number of pyridine rings is 1. The smallest absolute Gasteiger partial charge is 0.222 e. The van der Waals surface area contributed by atoms with E-state index in [9.17, 15) is 9.18 Å². The molecule has 1 aromatic carbocycles. The summed E-state index contributed by atoms with van der Waals surface area (Å²) in [6.45, 7) is 4.49. The molecule has 2 atom stereocenters. The molecule has 2 saturated heterocycles. The van der Waals surface area contributed by atoms with E-state index < -0.39 is 0 Å². The standard InChI is InChI=1S/C21H24FN3O/c22-20-5-1-3-17(9-20)11-24-12-18-14-25(15-19(18)13-24)21(26)7-6-16-4-2-8-23-10-16/h1-5,8-10,18-19H,6-7,11-15H2/t18-,19-/m0/s1. The van der Waals surface area contributed by atoms with Crippen molar-refractivity contribution in [2.24, 2.45) is 11.8 Å². The maximum atomic E-state index is 13.3. The highest BCUT2D eigenvalue weighted by molar-refractivity contribution is 5.76. The van der Waals surface area contributed by atoms with Crippen LogP contribution in [-0.4, -0.2) is 46.9 Å². The fraction of sp³-hybridized carbons (Fsp3) is 0.429. The minimum Gasteiger partial charge on any atom is -0.342 e. The van der Waals surface area contributed by atoms with Gasteiger partial charge in [0.1, 0.15) is 5.82 Å². The highest BCUT2D eigenvalue weighted by Gasteiger charge is 2.41. The second-order valence-electron chi connectivity index (χ2n) is 7.50. The second-order valence-corrected chi connectivity index (χ2v) is 7.50. The van der Waals surface area contributed by atoms with Crippen LogP contribution in [0.25, 0.3) is 0 Å². The molecule has 1 aromatic heterocycles. The number of amides is 1. The van der Waals surface area contributed by atoms with Crippen molar-refractivity contribution in [2.75, 3.05) is 26.2 Å². The number of nitrogens with zero attached hydrogens (tertiary/aromatic N) is 3. The van der Waals surface area contributed by atoms with Crippen molar-refractivity contribution in [1.82, 2.24) is 14.8 Å². The molecule has 1 amide bonds. The summed E-state index contributed by atoms with van der Waals surface area (Å²) < 4.78 is 13.3. The normalized spacial score (nSPS) is 22.6. The molecule has 26 heavy (non-hydrogen) atoms. The Morgan fingerprint density at radius 2 is 1.85 bits per heavy atom. The highest BCUT2D eigenvalue weighted by Crippen LogP contribution is 2.32. The number of carbonyl (C=O) groups excluding carboxylic acids is 1. The zero-order valence-electron chi connectivity index (χ0n) is 14.9. The van der Waals surface area contributed by atoms with Crippen LogP contribution < -0.4 is 0 Å². The van der Waals surface area contributed by atoms with Gasteiger partial charge in [0.05, 0.1) is 0 Å². The summed E-state index contributed by atoms with van der Waals surface area (Å²) >= 11 is 0. The van der Waals surface area contributed by atoms with Gasteiger partial charge >= 0.3 is 0 Å². The summed E-state index contributed by atoms with van der Waals surface area (Å²) in [6, 6.07) is 10.8. The number of rotatable bonds is 5. The molecule has 0 aliphatic carbocycles. The van der Waals surface area contributed by atoms with Crippen LogP contribution in [0.1, 0.15) is 17.5 Å². The van der Waals surface area contributed by atoms with Gasteiger partial charge in [-0.2, -0.15) is 0 Å². The number of likely N-dealkylation sites (tertiary alicyclic amines) is 2. The molecular formula is C21H24FN3O. The Balaban J connectivity index is 1.26. The van der Waals surface area contributed by atoms with E-state index in [4.69, 9.17) is 0 Å². The molecule has 2 aliphatic heterocycles. The fourth-order valence-corrected chi connectivity index (χ4v) is 4.27. The average molecular weight is 353 g/mol. The Hall–Kier alpha value is -2.27. The van der Waals surface area contributed by atoms with Crippen LogP contribution >= 0.6 is 0 Å². The van der Waals surface area contributed by atoms with Gasteiger partial charge in [-0.1, -0.05) is 18.2 Å². The van der Waals surface area contributed by atoms with E-state index in [0.29, 0.717) is 18.3 Å². The van der Waals surface area contributed by atoms with Gasteiger partial charge in [0.2, 0.25) is 5.91 Å². The van der Waals surface area contributed by atoms with Crippen molar-refractivity contribution in [3.05, 3.63) is 65.7 Å². The zero-order valence-corrected chi connectivity index (χ0v) is 14.9. The van der Waals surface area contributed by atoms with Crippen molar-refractivity contribution in [3.63, 3.8) is 0 Å². The Labute approximate surface area is 153 Å². The van der Waals surface area contributed by atoms with Gasteiger partial charge in [-0.3, -0.25) is 14.7 Å². The molecule has 5 heteroatoms. The third-order valence-electron chi connectivity index (χ3n) is 5.56. The van der Waals surface area contributed by atoms with Gasteiger partial charge in [-0.15, -0.1) is 0 Å². The predicted octanol–water partition coefficient (Wildman–Crippen LogP) is 2.74. The number of carbonyl (C=O) groups is 1. The number of halogens is 1. The van der Waals surface area contributed by atoms with E-state index in [0.717, 1.165) is 50.3 Å². The van der Waals surface area contributed by atoms with Crippen LogP contribution in [0.2, 0.25) is 0 Å². The van der Waals surface area contributed by atoms with Crippen molar-refractivity contribution in [3.8, 4) is 0 Å². The summed E-state index contributed by atoms with van der Waals surface area (Å²) in [5.41, 5.74) is 2.14. The quantitative estimate of drug-likeness (QED) is 0.829. The third-order valence-corrected chi connectivity index (χ3v) is 5.56. The largest absolute Gasteiger partial charge is 0.342 e. The molecule has 2 fully saturated rings. The maximum Gasteiger partial charge on any atom is 0.222 e. The molecular weight excluding hydrogens is 329 g/mol. The lowest BCUT2D eigenvalue weighted by Gasteiger charge is -2.21. The summed E-state index contributed by atoms with van der Waals surface area (Å²) in [5, 5.41) is 0. The molecule has 0 N–H and O–H groups in total. The van der Waals surface area contributed by atoms with Crippen molar-refractivity contribution < 1.29 is 9.18 Å². The lowest BCUT2D eigenvalue weighted by molar-refractivity contribution is -0.130. The Morgan fingerprint density at radius 1 is 1.08 bits per heavy atom.